The van der Waals surface area contributed by atoms with E-state index in [-0.39, 0.29) is 5.91 Å². The predicted molar refractivity (Wildman–Crippen MR) is 74.7 cm³/mol. The van der Waals surface area contributed by atoms with Crippen molar-refractivity contribution in [2.75, 3.05) is 0 Å². The second-order valence-corrected chi connectivity index (χ2v) is 4.39. The minimum atomic E-state index is -0.282. The number of hydrogen-bond donors (Lipinski definition) is 1. The monoisotopic (exact) mass is 255 g/mol. The van der Waals surface area contributed by atoms with Gasteiger partial charge >= 0.3 is 0 Å². The van der Waals surface area contributed by atoms with Gasteiger partial charge in [-0.15, -0.1) is 0 Å². The molecule has 0 saturated heterocycles. The Balaban J connectivity index is 1.93. The zero-order valence-electron chi connectivity index (χ0n) is 10.7. The highest BCUT2D eigenvalue weighted by Gasteiger charge is 2.00. The van der Waals surface area contributed by atoms with Gasteiger partial charge in [-0.3, -0.25) is 4.79 Å². The number of ether oxygens (including phenoxy) is 1. The molecule has 0 spiro atoms. The van der Waals surface area contributed by atoms with Crippen molar-refractivity contribution in [2.24, 2.45) is 5.73 Å². The lowest BCUT2D eigenvalue weighted by Crippen LogP contribution is -2.11. The van der Waals surface area contributed by atoms with Gasteiger partial charge in [-0.2, -0.15) is 0 Å². The predicted octanol–water partition coefficient (Wildman–Crippen LogP) is 2.68. The lowest BCUT2D eigenvalue weighted by molar-refractivity contribution is -0.117. The highest BCUT2D eigenvalue weighted by Crippen LogP contribution is 2.16. The molecule has 3 heteroatoms. The van der Waals surface area contributed by atoms with Gasteiger partial charge in [0.2, 0.25) is 5.91 Å². The SMILES string of the molecule is NC(=O)CCc1cccc(OCc2ccccc2)c1. The molecule has 0 radical (unpaired) electrons. The maximum absolute atomic E-state index is 10.8. The van der Waals surface area contributed by atoms with E-state index in [9.17, 15) is 4.79 Å². The van der Waals surface area contributed by atoms with Gasteiger partial charge < -0.3 is 10.5 Å². The van der Waals surface area contributed by atoms with E-state index in [1.807, 2.05) is 54.6 Å². The Hall–Kier alpha value is -2.29. The molecule has 0 aliphatic rings. The molecule has 2 aromatic carbocycles. The van der Waals surface area contributed by atoms with E-state index in [1.165, 1.54) is 0 Å². The van der Waals surface area contributed by atoms with Crippen molar-refractivity contribution in [3.8, 4) is 5.75 Å². The Morgan fingerprint density at radius 1 is 1.00 bits per heavy atom. The number of aryl methyl sites for hydroxylation is 1. The van der Waals surface area contributed by atoms with Gasteiger partial charge in [0.25, 0.3) is 0 Å². The fourth-order valence-electron chi connectivity index (χ4n) is 1.80. The van der Waals surface area contributed by atoms with Crippen molar-refractivity contribution < 1.29 is 9.53 Å². The first-order chi connectivity index (χ1) is 9.24. The zero-order chi connectivity index (χ0) is 13.5. The molecule has 0 aliphatic heterocycles. The normalized spacial score (nSPS) is 10.1. The topological polar surface area (TPSA) is 52.3 Å². The van der Waals surface area contributed by atoms with E-state index in [1.54, 1.807) is 0 Å². The molecule has 1 amide bonds. The van der Waals surface area contributed by atoms with E-state index in [0.717, 1.165) is 16.9 Å². The van der Waals surface area contributed by atoms with Crippen LogP contribution in [0.5, 0.6) is 5.75 Å². The second-order valence-electron chi connectivity index (χ2n) is 4.39. The number of carbonyl (C=O) groups excluding carboxylic acids is 1. The molecule has 98 valence electrons. The Labute approximate surface area is 113 Å². The summed E-state index contributed by atoms with van der Waals surface area (Å²) >= 11 is 0. The third-order valence-electron chi connectivity index (χ3n) is 2.81. The molecule has 3 nitrogen and oxygen atoms in total. The molecule has 0 bridgehead atoms. The Bertz CT molecular complexity index is 537. The summed E-state index contributed by atoms with van der Waals surface area (Å²) < 4.78 is 5.72. The molecular formula is C16H17NO2. The Morgan fingerprint density at radius 2 is 1.74 bits per heavy atom. The summed E-state index contributed by atoms with van der Waals surface area (Å²) in [5, 5.41) is 0. The number of primary amides is 1. The maximum Gasteiger partial charge on any atom is 0.217 e. The van der Waals surface area contributed by atoms with Crippen LogP contribution in [0.2, 0.25) is 0 Å². The molecule has 0 heterocycles. The van der Waals surface area contributed by atoms with E-state index < -0.39 is 0 Å². The van der Waals surface area contributed by atoms with Gasteiger partial charge in [0, 0.05) is 6.42 Å². The first-order valence-corrected chi connectivity index (χ1v) is 6.28. The summed E-state index contributed by atoms with van der Waals surface area (Å²) in [6, 6.07) is 17.8. The molecule has 0 aliphatic carbocycles. The Kier molecular flexibility index (Phi) is 4.56. The minimum absolute atomic E-state index is 0.282. The minimum Gasteiger partial charge on any atom is -0.489 e. The van der Waals surface area contributed by atoms with Gasteiger partial charge in [0.05, 0.1) is 0 Å². The second kappa shape index (κ2) is 6.59. The van der Waals surface area contributed by atoms with Crippen LogP contribution in [0.4, 0.5) is 0 Å². The average molecular weight is 255 g/mol. The van der Waals surface area contributed by atoms with Gasteiger partial charge in [-0.05, 0) is 29.7 Å². The summed E-state index contributed by atoms with van der Waals surface area (Å²) in [7, 11) is 0. The number of benzene rings is 2. The number of amides is 1. The number of rotatable bonds is 6. The smallest absolute Gasteiger partial charge is 0.217 e. The first kappa shape index (κ1) is 13.1. The molecule has 0 aromatic heterocycles. The quantitative estimate of drug-likeness (QED) is 0.862. The molecule has 2 N–H and O–H groups in total. The zero-order valence-corrected chi connectivity index (χ0v) is 10.7. The van der Waals surface area contributed by atoms with E-state index in [2.05, 4.69) is 0 Å². The summed E-state index contributed by atoms with van der Waals surface area (Å²) in [6.07, 6.45) is 1.01. The molecule has 2 aromatic rings. The summed E-state index contributed by atoms with van der Waals surface area (Å²) in [5.74, 6) is 0.529. The Morgan fingerprint density at radius 3 is 2.47 bits per heavy atom. The van der Waals surface area contributed by atoms with Crippen LogP contribution in [0.3, 0.4) is 0 Å². The van der Waals surface area contributed by atoms with Crippen molar-refractivity contribution in [1.82, 2.24) is 0 Å². The fraction of sp³-hybridized carbons (Fsp3) is 0.188. The van der Waals surface area contributed by atoms with Crippen molar-refractivity contribution >= 4 is 5.91 Å². The van der Waals surface area contributed by atoms with Gasteiger partial charge in [-0.1, -0.05) is 42.5 Å². The van der Waals surface area contributed by atoms with Crippen LogP contribution < -0.4 is 10.5 Å². The van der Waals surface area contributed by atoms with Gasteiger partial charge in [0.15, 0.2) is 0 Å². The number of hydrogen-bond acceptors (Lipinski definition) is 2. The number of carbonyl (C=O) groups is 1. The molecular weight excluding hydrogens is 238 g/mol. The maximum atomic E-state index is 10.8. The van der Waals surface area contributed by atoms with E-state index in [4.69, 9.17) is 10.5 Å². The summed E-state index contributed by atoms with van der Waals surface area (Å²) in [6.45, 7) is 0.542. The third-order valence-corrected chi connectivity index (χ3v) is 2.81. The molecule has 0 fully saturated rings. The molecule has 0 saturated carbocycles. The summed E-state index contributed by atoms with van der Waals surface area (Å²) in [5.41, 5.74) is 7.33. The van der Waals surface area contributed by atoms with Gasteiger partial charge in [-0.25, -0.2) is 0 Å². The van der Waals surface area contributed by atoms with Crippen LogP contribution in [0.25, 0.3) is 0 Å². The molecule has 0 atom stereocenters. The fourth-order valence-corrected chi connectivity index (χ4v) is 1.80. The van der Waals surface area contributed by atoms with Crippen LogP contribution >= 0.6 is 0 Å². The summed E-state index contributed by atoms with van der Waals surface area (Å²) in [4.78, 5) is 10.8. The van der Waals surface area contributed by atoms with E-state index in [0.29, 0.717) is 19.4 Å². The lowest BCUT2D eigenvalue weighted by atomic mass is 10.1. The molecule has 0 unspecified atom stereocenters. The van der Waals surface area contributed by atoms with E-state index >= 15 is 0 Å². The van der Waals surface area contributed by atoms with Crippen LogP contribution in [0, 0.1) is 0 Å². The lowest BCUT2D eigenvalue weighted by Gasteiger charge is -2.08. The number of nitrogens with two attached hydrogens (primary N) is 1. The van der Waals surface area contributed by atoms with Crippen molar-refractivity contribution in [3.05, 3.63) is 65.7 Å². The van der Waals surface area contributed by atoms with Gasteiger partial charge in [0.1, 0.15) is 12.4 Å². The van der Waals surface area contributed by atoms with Crippen molar-refractivity contribution in [3.63, 3.8) is 0 Å². The standard InChI is InChI=1S/C16H17NO2/c17-16(18)10-9-13-7-4-8-15(11-13)19-12-14-5-2-1-3-6-14/h1-8,11H,9-10,12H2,(H2,17,18). The van der Waals surface area contributed by atoms with Crippen molar-refractivity contribution in [2.45, 2.75) is 19.4 Å². The largest absolute Gasteiger partial charge is 0.489 e. The highest BCUT2D eigenvalue weighted by atomic mass is 16.5. The van der Waals surface area contributed by atoms with Crippen LogP contribution in [0.15, 0.2) is 54.6 Å². The van der Waals surface area contributed by atoms with Crippen LogP contribution in [-0.4, -0.2) is 5.91 Å². The molecule has 19 heavy (non-hydrogen) atoms. The first-order valence-electron chi connectivity index (χ1n) is 6.28. The van der Waals surface area contributed by atoms with Crippen LogP contribution in [-0.2, 0) is 17.8 Å². The molecule has 2 rings (SSSR count). The highest BCUT2D eigenvalue weighted by molar-refractivity contribution is 5.74. The van der Waals surface area contributed by atoms with Crippen LogP contribution in [0.1, 0.15) is 17.5 Å². The third kappa shape index (κ3) is 4.47. The van der Waals surface area contributed by atoms with Crippen molar-refractivity contribution in [1.29, 1.82) is 0 Å². The average Bonchev–Trinajstić information content (AvgIpc) is 2.44.